The molecule has 0 aliphatic carbocycles. The summed E-state index contributed by atoms with van der Waals surface area (Å²) in [5.41, 5.74) is 1.74. The summed E-state index contributed by atoms with van der Waals surface area (Å²) < 4.78 is 12.7. The number of benzene rings is 2. The normalized spacial score (nSPS) is 10.5. The average molecular weight is 314 g/mol. The zero-order valence-corrected chi connectivity index (χ0v) is 12.1. The lowest BCUT2D eigenvalue weighted by atomic mass is 10.1. The van der Waals surface area contributed by atoms with Crippen LogP contribution in [0.4, 0.5) is 9.18 Å². The van der Waals surface area contributed by atoms with E-state index in [4.69, 9.17) is 5.11 Å². The third-order valence-corrected chi connectivity index (χ3v) is 3.01. The smallest absolute Gasteiger partial charge is 0.335 e. The van der Waals surface area contributed by atoms with Gasteiger partial charge in [-0.05, 0) is 41.5 Å². The lowest BCUT2D eigenvalue weighted by molar-refractivity contribution is 0.0697. The summed E-state index contributed by atoms with van der Waals surface area (Å²) in [4.78, 5) is 22.3. The van der Waals surface area contributed by atoms with Crippen molar-refractivity contribution in [3.63, 3.8) is 0 Å². The van der Waals surface area contributed by atoms with Gasteiger partial charge in [0.05, 0.1) is 5.56 Å². The Kier molecular flexibility index (Phi) is 5.46. The van der Waals surface area contributed by atoms with Crippen LogP contribution in [0.5, 0.6) is 0 Å². The molecular formula is C17H15FN2O3. The fourth-order valence-corrected chi connectivity index (χ4v) is 1.79. The molecule has 2 amide bonds. The van der Waals surface area contributed by atoms with E-state index in [1.54, 1.807) is 30.3 Å². The summed E-state index contributed by atoms with van der Waals surface area (Å²) in [5, 5.41) is 14.0. The fraction of sp³-hybridized carbons (Fsp3) is 0.0588. The van der Waals surface area contributed by atoms with Gasteiger partial charge < -0.3 is 15.7 Å². The molecule has 0 aliphatic rings. The van der Waals surface area contributed by atoms with Crippen molar-refractivity contribution < 1.29 is 19.1 Å². The van der Waals surface area contributed by atoms with Gasteiger partial charge in [-0.1, -0.05) is 24.3 Å². The summed E-state index contributed by atoms with van der Waals surface area (Å²) >= 11 is 0. The van der Waals surface area contributed by atoms with E-state index in [1.807, 2.05) is 0 Å². The molecule has 3 N–H and O–H groups in total. The molecule has 23 heavy (non-hydrogen) atoms. The molecule has 0 radical (unpaired) electrons. The van der Waals surface area contributed by atoms with Gasteiger partial charge in [0.2, 0.25) is 0 Å². The van der Waals surface area contributed by atoms with Crippen LogP contribution in [0.15, 0.2) is 54.7 Å². The van der Waals surface area contributed by atoms with Crippen molar-refractivity contribution in [3.05, 3.63) is 77.2 Å². The van der Waals surface area contributed by atoms with Crippen LogP contribution in [0.1, 0.15) is 21.5 Å². The quantitative estimate of drug-likeness (QED) is 0.794. The number of aromatic carboxylic acids is 1. The lowest BCUT2D eigenvalue weighted by Gasteiger charge is -2.05. The molecule has 0 aliphatic heterocycles. The highest BCUT2D eigenvalue weighted by Gasteiger charge is 2.02. The second-order valence-corrected chi connectivity index (χ2v) is 4.71. The number of amides is 2. The molecule has 2 aromatic rings. The minimum Gasteiger partial charge on any atom is -0.478 e. The number of hydrogen-bond donors (Lipinski definition) is 3. The molecule has 2 aromatic carbocycles. The summed E-state index contributed by atoms with van der Waals surface area (Å²) in [7, 11) is 0. The van der Waals surface area contributed by atoms with Gasteiger partial charge in [0.1, 0.15) is 5.82 Å². The van der Waals surface area contributed by atoms with E-state index >= 15 is 0 Å². The number of hydrogen-bond acceptors (Lipinski definition) is 2. The van der Waals surface area contributed by atoms with Gasteiger partial charge in [0, 0.05) is 12.7 Å². The van der Waals surface area contributed by atoms with E-state index in [0.29, 0.717) is 0 Å². The second-order valence-electron chi connectivity index (χ2n) is 4.71. The second kappa shape index (κ2) is 7.74. The molecule has 5 nitrogen and oxygen atoms in total. The number of carboxylic acids is 1. The predicted octanol–water partition coefficient (Wildman–Crippen LogP) is 2.99. The van der Waals surface area contributed by atoms with Crippen LogP contribution in [0, 0.1) is 5.82 Å². The van der Waals surface area contributed by atoms with E-state index in [0.717, 1.165) is 11.1 Å². The van der Waals surface area contributed by atoms with Crippen LogP contribution >= 0.6 is 0 Å². The zero-order chi connectivity index (χ0) is 16.7. The Morgan fingerprint density at radius 1 is 1.04 bits per heavy atom. The highest BCUT2D eigenvalue weighted by molar-refractivity contribution is 5.87. The Morgan fingerprint density at radius 2 is 1.70 bits per heavy atom. The monoisotopic (exact) mass is 314 g/mol. The SMILES string of the molecule is O=C(N/C=C/c1ccc(F)cc1)NCc1ccc(C(=O)O)cc1. The van der Waals surface area contributed by atoms with Crippen LogP contribution in [0.25, 0.3) is 6.08 Å². The van der Waals surface area contributed by atoms with Gasteiger partial charge in [0.25, 0.3) is 0 Å². The number of nitrogens with one attached hydrogen (secondary N) is 2. The van der Waals surface area contributed by atoms with Crippen molar-refractivity contribution in [2.75, 3.05) is 0 Å². The van der Waals surface area contributed by atoms with Crippen molar-refractivity contribution >= 4 is 18.1 Å². The first-order chi connectivity index (χ1) is 11.0. The fourth-order valence-electron chi connectivity index (χ4n) is 1.79. The number of rotatable bonds is 5. The van der Waals surface area contributed by atoms with E-state index in [9.17, 15) is 14.0 Å². The van der Waals surface area contributed by atoms with Crippen LogP contribution in [0.3, 0.4) is 0 Å². The van der Waals surface area contributed by atoms with Crippen molar-refractivity contribution in [1.82, 2.24) is 10.6 Å². The van der Waals surface area contributed by atoms with E-state index < -0.39 is 12.0 Å². The molecule has 0 atom stereocenters. The maximum atomic E-state index is 12.7. The first-order valence-electron chi connectivity index (χ1n) is 6.83. The lowest BCUT2D eigenvalue weighted by Crippen LogP contribution is -2.31. The van der Waals surface area contributed by atoms with Crippen LogP contribution in [0.2, 0.25) is 0 Å². The third-order valence-electron chi connectivity index (χ3n) is 3.01. The largest absolute Gasteiger partial charge is 0.478 e. The molecule has 118 valence electrons. The third kappa shape index (κ3) is 5.28. The molecule has 6 heteroatoms. The molecule has 0 spiro atoms. The van der Waals surface area contributed by atoms with Gasteiger partial charge >= 0.3 is 12.0 Å². The Balaban J connectivity index is 1.78. The zero-order valence-electron chi connectivity index (χ0n) is 12.1. The minimum absolute atomic E-state index is 0.195. The highest BCUT2D eigenvalue weighted by Crippen LogP contribution is 2.05. The van der Waals surface area contributed by atoms with Crippen LogP contribution in [-0.4, -0.2) is 17.1 Å². The maximum Gasteiger partial charge on any atom is 0.335 e. The van der Waals surface area contributed by atoms with E-state index in [2.05, 4.69) is 10.6 Å². The summed E-state index contributed by atoms with van der Waals surface area (Å²) in [5.74, 6) is -1.31. The van der Waals surface area contributed by atoms with Crippen LogP contribution < -0.4 is 10.6 Å². The van der Waals surface area contributed by atoms with E-state index in [1.165, 1.54) is 30.5 Å². The average Bonchev–Trinajstić information content (AvgIpc) is 2.55. The van der Waals surface area contributed by atoms with Crippen molar-refractivity contribution in [2.45, 2.75) is 6.54 Å². The summed E-state index contributed by atoms with van der Waals surface area (Å²) in [6.45, 7) is 0.274. The maximum absolute atomic E-state index is 12.7. The van der Waals surface area contributed by atoms with Gasteiger partial charge in [-0.2, -0.15) is 0 Å². The molecule has 0 heterocycles. The standard InChI is InChI=1S/C17H15FN2O3/c18-15-7-3-12(4-8-15)9-10-19-17(23)20-11-13-1-5-14(6-2-13)16(21)22/h1-10H,11H2,(H,21,22)(H2,19,20,23)/b10-9+. The Labute approximate surface area is 132 Å². The van der Waals surface area contributed by atoms with Crippen LogP contribution in [-0.2, 0) is 6.54 Å². The predicted molar refractivity (Wildman–Crippen MR) is 84.2 cm³/mol. The van der Waals surface area contributed by atoms with E-state index in [-0.39, 0.29) is 17.9 Å². The molecule has 0 saturated heterocycles. The van der Waals surface area contributed by atoms with Gasteiger partial charge in [-0.25, -0.2) is 14.0 Å². The number of urea groups is 1. The Bertz CT molecular complexity index is 710. The Hall–Kier alpha value is -3.15. The molecule has 2 rings (SSSR count). The Morgan fingerprint density at radius 3 is 2.30 bits per heavy atom. The van der Waals surface area contributed by atoms with Crippen molar-refractivity contribution in [3.8, 4) is 0 Å². The highest BCUT2D eigenvalue weighted by atomic mass is 19.1. The van der Waals surface area contributed by atoms with Crippen molar-refractivity contribution in [2.24, 2.45) is 0 Å². The molecule has 0 aromatic heterocycles. The van der Waals surface area contributed by atoms with Gasteiger partial charge in [-0.15, -0.1) is 0 Å². The van der Waals surface area contributed by atoms with Crippen molar-refractivity contribution in [1.29, 1.82) is 0 Å². The topological polar surface area (TPSA) is 78.4 Å². The summed E-state index contributed by atoms with van der Waals surface area (Å²) in [6, 6.07) is 11.7. The number of halogens is 1. The van der Waals surface area contributed by atoms with Gasteiger partial charge in [0.15, 0.2) is 0 Å². The first-order valence-corrected chi connectivity index (χ1v) is 6.83. The molecule has 0 fully saturated rings. The first kappa shape index (κ1) is 16.2. The molecule has 0 saturated carbocycles. The number of carbonyl (C=O) groups excluding carboxylic acids is 1. The number of carbonyl (C=O) groups is 2. The van der Waals surface area contributed by atoms with Gasteiger partial charge in [-0.3, -0.25) is 0 Å². The number of carboxylic acid groups (broad SMARTS) is 1. The summed E-state index contributed by atoms with van der Waals surface area (Å²) in [6.07, 6.45) is 3.09. The molecule has 0 unspecified atom stereocenters. The molecular weight excluding hydrogens is 299 g/mol. The molecule has 0 bridgehead atoms. The minimum atomic E-state index is -0.992.